The number of para-hydroxylation sites is 1. The highest BCUT2D eigenvalue weighted by atomic mass is 35.5. The van der Waals surface area contributed by atoms with Crippen molar-refractivity contribution in [3.63, 3.8) is 0 Å². The van der Waals surface area contributed by atoms with Crippen LogP contribution in [0.15, 0.2) is 76.7 Å². The Morgan fingerprint density at radius 1 is 1.16 bits per heavy atom. The number of thioether (sulfide) groups is 1. The molecule has 0 saturated carbocycles. The van der Waals surface area contributed by atoms with Crippen LogP contribution in [0.5, 0.6) is 11.5 Å². The first kappa shape index (κ1) is 21.5. The monoisotopic (exact) mass is 470 g/mol. The van der Waals surface area contributed by atoms with E-state index in [1.54, 1.807) is 47.6 Å². The van der Waals surface area contributed by atoms with E-state index < -0.39 is 0 Å². The Balaban J connectivity index is 1.54. The highest BCUT2D eigenvalue weighted by Gasteiger charge is 2.32. The number of carbonyl (C=O) groups is 1. The second-order valence-electron chi connectivity index (χ2n) is 6.41. The van der Waals surface area contributed by atoms with Crippen LogP contribution < -0.4 is 14.4 Å². The number of nitrogens with zero attached hydrogens (tertiary/aromatic N) is 2. The quantitative estimate of drug-likeness (QED) is 0.315. The molecule has 0 aliphatic carbocycles. The number of hydrogen-bond acceptors (Lipinski definition) is 6. The molecule has 0 saturated heterocycles. The number of halogens is 1. The van der Waals surface area contributed by atoms with Crippen molar-refractivity contribution in [3.8, 4) is 11.5 Å². The number of benzene rings is 2. The zero-order chi connectivity index (χ0) is 21.6. The lowest BCUT2D eigenvalue weighted by Crippen LogP contribution is -2.30. The Hall–Kier alpha value is -2.74. The van der Waals surface area contributed by atoms with E-state index >= 15 is 0 Å². The molecule has 3 aromatic rings. The topological polar surface area (TPSA) is 51.1 Å². The first-order valence-corrected chi connectivity index (χ1v) is 11.7. The Kier molecular flexibility index (Phi) is 6.96. The van der Waals surface area contributed by atoms with Crippen LogP contribution in [0.4, 0.5) is 5.69 Å². The Labute approximate surface area is 194 Å². The summed E-state index contributed by atoms with van der Waals surface area (Å²) in [5.74, 6) is 1.80. The van der Waals surface area contributed by atoms with Gasteiger partial charge in [0, 0.05) is 10.6 Å². The minimum Gasteiger partial charge on any atom is -0.495 e. The minimum atomic E-state index is -0.193. The number of anilines is 1. The molecular formula is C23H19ClN2O3S2. The Morgan fingerprint density at radius 3 is 2.71 bits per heavy atom. The summed E-state index contributed by atoms with van der Waals surface area (Å²) in [5, 5.41) is 2.98. The molecule has 0 radical (unpaired) electrons. The summed E-state index contributed by atoms with van der Waals surface area (Å²) < 4.78 is 11.0. The lowest BCUT2D eigenvalue weighted by atomic mass is 10.2. The molecule has 0 spiro atoms. The van der Waals surface area contributed by atoms with Crippen molar-refractivity contribution in [1.29, 1.82) is 0 Å². The lowest BCUT2D eigenvalue weighted by Gasteiger charge is -2.18. The fourth-order valence-electron chi connectivity index (χ4n) is 2.93. The first-order chi connectivity index (χ1) is 15.2. The maximum atomic E-state index is 13.2. The molecular weight excluding hydrogens is 452 g/mol. The first-order valence-electron chi connectivity index (χ1n) is 9.48. The largest absolute Gasteiger partial charge is 0.495 e. The maximum Gasteiger partial charge on any atom is 0.283 e. The number of rotatable bonds is 7. The van der Waals surface area contributed by atoms with Crippen LogP contribution in [0.2, 0.25) is 5.02 Å². The van der Waals surface area contributed by atoms with Gasteiger partial charge in [0.05, 0.1) is 24.4 Å². The SMILES string of the molecule is COc1ccc(N2C(=O)C(=Cc3cccs3)N=C2SCCOc2ccccc2)cc1Cl. The third-order valence-electron chi connectivity index (χ3n) is 4.37. The Morgan fingerprint density at radius 2 is 2.00 bits per heavy atom. The molecule has 0 unspecified atom stereocenters. The van der Waals surface area contributed by atoms with Crippen molar-refractivity contribution >= 4 is 57.5 Å². The van der Waals surface area contributed by atoms with Crippen molar-refractivity contribution in [2.75, 3.05) is 24.4 Å². The maximum absolute atomic E-state index is 13.2. The summed E-state index contributed by atoms with van der Waals surface area (Å²) >= 11 is 9.32. The number of amidine groups is 1. The van der Waals surface area contributed by atoms with Crippen molar-refractivity contribution in [2.24, 2.45) is 4.99 Å². The third-order valence-corrected chi connectivity index (χ3v) is 6.39. The molecule has 2 aromatic carbocycles. The summed E-state index contributed by atoms with van der Waals surface area (Å²) in [6, 6.07) is 18.8. The summed E-state index contributed by atoms with van der Waals surface area (Å²) in [6.45, 7) is 0.489. The van der Waals surface area contributed by atoms with Crippen molar-refractivity contribution in [1.82, 2.24) is 0 Å². The van der Waals surface area contributed by atoms with Crippen molar-refractivity contribution < 1.29 is 14.3 Å². The summed E-state index contributed by atoms with van der Waals surface area (Å²) in [5.41, 5.74) is 1.03. The van der Waals surface area contributed by atoms with E-state index in [1.807, 2.05) is 47.8 Å². The average Bonchev–Trinajstić information content (AvgIpc) is 3.40. The van der Waals surface area contributed by atoms with Crippen LogP contribution in [0.25, 0.3) is 6.08 Å². The normalized spacial score (nSPS) is 14.8. The molecule has 5 nitrogen and oxygen atoms in total. The predicted octanol–water partition coefficient (Wildman–Crippen LogP) is 5.97. The van der Waals surface area contributed by atoms with E-state index in [2.05, 4.69) is 4.99 Å². The number of methoxy groups -OCH3 is 1. The molecule has 1 aliphatic heterocycles. The van der Waals surface area contributed by atoms with Crippen LogP contribution in [0.1, 0.15) is 4.88 Å². The number of ether oxygens (including phenoxy) is 2. The van der Waals surface area contributed by atoms with E-state index in [4.69, 9.17) is 21.1 Å². The number of amides is 1. The number of carbonyl (C=O) groups excluding carboxylic acids is 1. The van der Waals surface area contributed by atoms with Crippen LogP contribution in [-0.2, 0) is 4.79 Å². The van der Waals surface area contributed by atoms with Gasteiger partial charge < -0.3 is 9.47 Å². The number of hydrogen-bond donors (Lipinski definition) is 0. The molecule has 31 heavy (non-hydrogen) atoms. The van der Waals surface area contributed by atoms with E-state index in [0.29, 0.717) is 39.7 Å². The van der Waals surface area contributed by atoms with Gasteiger partial charge in [-0.15, -0.1) is 11.3 Å². The smallest absolute Gasteiger partial charge is 0.283 e. The van der Waals surface area contributed by atoms with Gasteiger partial charge in [-0.2, -0.15) is 0 Å². The lowest BCUT2D eigenvalue weighted by molar-refractivity contribution is -0.113. The molecule has 8 heteroatoms. The molecule has 158 valence electrons. The minimum absolute atomic E-state index is 0.193. The molecule has 1 amide bonds. The standard InChI is InChI=1S/C23H19ClN2O3S2/c1-28-21-10-9-16(14-19(21)24)26-22(27)20(15-18-8-5-12-30-18)25-23(26)31-13-11-29-17-6-3-2-4-7-17/h2-10,12,14-15H,11,13H2,1H3. The van der Waals surface area contributed by atoms with Crippen LogP contribution in [0.3, 0.4) is 0 Å². The average molecular weight is 471 g/mol. The van der Waals surface area contributed by atoms with Gasteiger partial charge in [0.2, 0.25) is 0 Å². The molecule has 2 heterocycles. The molecule has 0 atom stereocenters. The van der Waals surface area contributed by atoms with E-state index in [1.165, 1.54) is 11.8 Å². The van der Waals surface area contributed by atoms with Crippen molar-refractivity contribution in [2.45, 2.75) is 0 Å². The summed E-state index contributed by atoms with van der Waals surface area (Å²) in [4.78, 5) is 20.4. The number of aliphatic imine (C=N–C) groups is 1. The molecule has 1 aromatic heterocycles. The number of thiophene rings is 1. The van der Waals surface area contributed by atoms with Gasteiger partial charge in [-0.1, -0.05) is 47.6 Å². The predicted molar refractivity (Wildman–Crippen MR) is 130 cm³/mol. The molecule has 0 N–H and O–H groups in total. The van der Waals surface area contributed by atoms with Gasteiger partial charge in [0.1, 0.15) is 17.2 Å². The van der Waals surface area contributed by atoms with Gasteiger partial charge >= 0.3 is 0 Å². The fraction of sp³-hybridized carbons (Fsp3) is 0.130. The molecule has 0 bridgehead atoms. The van der Waals surface area contributed by atoms with Crippen LogP contribution in [-0.4, -0.2) is 30.5 Å². The fourth-order valence-corrected chi connectivity index (χ4v) is 4.67. The molecule has 1 aliphatic rings. The van der Waals surface area contributed by atoms with Gasteiger partial charge in [-0.25, -0.2) is 4.99 Å². The second kappa shape index (κ2) is 10.0. The van der Waals surface area contributed by atoms with Gasteiger partial charge in [0.25, 0.3) is 5.91 Å². The van der Waals surface area contributed by atoms with E-state index in [0.717, 1.165) is 10.6 Å². The second-order valence-corrected chi connectivity index (χ2v) is 8.86. The highest BCUT2D eigenvalue weighted by Crippen LogP contribution is 2.34. The van der Waals surface area contributed by atoms with Crippen LogP contribution >= 0.6 is 34.7 Å². The molecule has 0 fully saturated rings. The molecule has 4 rings (SSSR count). The zero-order valence-corrected chi connectivity index (χ0v) is 19.0. The highest BCUT2D eigenvalue weighted by molar-refractivity contribution is 8.14. The summed E-state index contributed by atoms with van der Waals surface area (Å²) in [7, 11) is 1.55. The summed E-state index contributed by atoms with van der Waals surface area (Å²) in [6.07, 6.45) is 1.80. The van der Waals surface area contributed by atoms with Gasteiger partial charge in [-0.05, 0) is 47.9 Å². The third kappa shape index (κ3) is 5.12. The zero-order valence-electron chi connectivity index (χ0n) is 16.7. The van der Waals surface area contributed by atoms with E-state index in [9.17, 15) is 4.79 Å². The van der Waals surface area contributed by atoms with Crippen LogP contribution in [0, 0.1) is 0 Å². The van der Waals surface area contributed by atoms with Crippen molar-refractivity contribution in [3.05, 3.63) is 81.6 Å². The Bertz CT molecular complexity index is 1120. The van der Waals surface area contributed by atoms with E-state index in [-0.39, 0.29) is 5.91 Å². The van der Waals surface area contributed by atoms with Gasteiger partial charge in [0.15, 0.2) is 5.17 Å². The van der Waals surface area contributed by atoms with Gasteiger partial charge in [-0.3, -0.25) is 9.69 Å².